The molecule has 0 saturated carbocycles. The molecule has 0 amide bonds. The molecule has 0 aliphatic carbocycles. The molecule has 1 N–H and O–H groups in total. The highest BCUT2D eigenvalue weighted by Gasteiger charge is 2.25. The SMILES string of the molecule is CN=C(NCC(C)Oc1ccccc1Br)N1CCOC(c2cnn(C)c2)C1. The van der Waals surface area contributed by atoms with Crippen LogP contribution in [0, 0.1) is 0 Å². The Bertz CT molecular complexity index is 779. The summed E-state index contributed by atoms with van der Waals surface area (Å²) in [5, 5.41) is 7.66. The molecular formula is C19H26BrN5O2. The first-order valence-corrected chi connectivity index (χ1v) is 9.83. The number of rotatable bonds is 5. The number of para-hydroxylation sites is 1. The zero-order valence-corrected chi connectivity index (χ0v) is 17.5. The lowest BCUT2D eigenvalue weighted by atomic mass is 10.1. The molecule has 2 unspecified atom stereocenters. The summed E-state index contributed by atoms with van der Waals surface area (Å²) in [6.07, 6.45) is 3.85. The summed E-state index contributed by atoms with van der Waals surface area (Å²) in [7, 11) is 3.72. The highest BCUT2D eigenvalue weighted by atomic mass is 79.9. The Hall–Kier alpha value is -2.06. The van der Waals surface area contributed by atoms with Gasteiger partial charge in [0.05, 0.1) is 30.4 Å². The molecule has 0 radical (unpaired) electrons. The van der Waals surface area contributed by atoms with Crippen molar-refractivity contribution in [3.05, 3.63) is 46.7 Å². The lowest BCUT2D eigenvalue weighted by Gasteiger charge is -2.35. The van der Waals surface area contributed by atoms with E-state index in [2.05, 4.69) is 36.2 Å². The van der Waals surface area contributed by atoms with E-state index in [1.54, 1.807) is 11.7 Å². The topological polar surface area (TPSA) is 63.9 Å². The standard InChI is InChI=1S/C19H26BrN5O2/c1-14(27-17-7-5-4-6-16(17)20)10-22-19(21-2)25-8-9-26-18(13-25)15-11-23-24(3)12-15/h4-7,11-12,14,18H,8-10,13H2,1-3H3,(H,21,22). The molecule has 27 heavy (non-hydrogen) atoms. The number of benzene rings is 1. The zero-order valence-electron chi connectivity index (χ0n) is 15.9. The van der Waals surface area contributed by atoms with Crippen molar-refractivity contribution in [3.63, 3.8) is 0 Å². The minimum Gasteiger partial charge on any atom is -0.488 e. The van der Waals surface area contributed by atoms with Gasteiger partial charge in [-0.3, -0.25) is 9.67 Å². The molecule has 1 aliphatic heterocycles. The summed E-state index contributed by atoms with van der Waals surface area (Å²) in [6.45, 7) is 4.89. The van der Waals surface area contributed by atoms with Crippen LogP contribution < -0.4 is 10.1 Å². The fourth-order valence-corrected chi connectivity index (χ4v) is 3.39. The van der Waals surface area contributed by atoms with Crippen molar-refractivity contribution >= 4 is 21.9 Å². The van der Waals surface area contributed by atoms with Crippen LogP contribution in [0.1, 0.15) is 18.6 Å². The van der Waals surface area contributed by atoms with Crippen LogP contribution in [-0.2, 0) is 11.8 Å². The maximum atomic E-state index is 6.00. The van der Waals surface area contributed by atoms with Crippen molar-refractivity contribution in [2.75, 3.05) is 33.3 Å². The van der Waals surface area contributed by atoms with Gasteiger partial charge < -0.3 is 19.7 Å². The second-order valence-electron chi connectivity index (χ2n) is 6.54. The van der Waals surface area contributed by atoms with Gasteiger partial charge in [-0.05, 0) is 35.0 Å². The maximum Gasteiger partial charge on any atom is 0.193 e. The molecule has 1 aromatic carbocycles. The van der Waals surface area contributed by atoms with E-state index in [-0.39, 0.29) is 12.2 Å². The van der Waals surface area contributed by atoms with Crippen LogP contribution in [0.15, 0.2) is 46.1 Å². The Kier molecular flexibility index (Phi) is 6.73. The first kappa shape index (κ1) is 19.7. The minimum absolute atomic E-state index is 0.0000485. The molecule has 2 atom stereocenters. The predicted octanol–water partition coefficient (Wildman–Crippen LogP) is 2.60. The van der Waals surface area contributed by atoms with E-state index in [1.165, 1.54) is 0 Å². The van der Waals surface area contributed by atoms with Crippen LogP contribution in [0.4, 0.5) is 0 Å². The zero-order chi connectivity index (χ0) is 19.2. The van der Waals surface area contributed by atoms with Crippen LogP contribution in [0.25, 0.3) is 0 Å². The molecule has 3 rings (SSSR count). The smallest absolute Gasteiger partial charge is 0.193 e. The molecule has 2 aromatic rings. The second-order valence-corrected chi connectivity index (χ2v) is 7.39. The van der Waals surface area contributed by atoms with Crippen LogP contribution >= 0.6 is 15.9 Å². The van der Waals surface area contributed by atoms with Crippen LogP contribution in [0.3, 0.4) is 0 Å². The molecule has 1 aromatic heterocycles. The fraction of sp³-hybridized carbons (Fsp3) is 0.474. The van der Waals surface area contributed by atoms with E-state index >= 15 is 0 Å². The van der Waals surface area contributed by atoms with Gasteiger partial charge in [0.1, 0.15) is 18.0 Å². The molecule has 0 spiro atoms. The number of hydrogen-bond donors (Lipinski definition) is 1. The van der Waals surface area contributed by atoms with Crippen molar-refractivity contribution in [3.8, 4) is 5.75 Å². The number of nitrogens with one attached hydrogen (secondary N) is 1. The Morgan fingerprint density at radius 2 is 2.30 bits per heavy atom. The normalized spacial score (nSPS) is 19.0. The van der Waals surface area contributed by atoms with E-state index < -0.39 is 0 Å². The first-order valence-electron chi connectivity index (χ1n) is 9.03. The molecule has 2 heterocycles. The summed E-state index contributed by atoms with van der Waals surface area (Å²) in [5.41, 5.74) is 1.09. The largest absolute Gasteiger partial charge is 0.488 e. The third kappa shape index (κ3) is 5.23. The second kappa shape index (κ2) is 9.23. The summed E-state index contributed by atoms with van der Waals surface area (Å²) in [4.78, 5) is 6.65. The molecule has 0 bridgehead atoms. The molecule has 8 heteroatoms. The lowest BCUT2D eigenvalue weighted by molar-refractivity contribution is -0.00814. The van der Waals surface area contributed by atoms with Gasteiger partial charge >= 0.3 is 0 Å². The van der Waals surface area contributed by atoms with Crippen molar-refractivity contribution < 1.29 is 9.47 Å². The van der Waals surface area contributed by atoms with E-state index in [9.17, 15) is 0 Å². The molecular weight excluding hydrogens is 410 g/mol. The highest BCUT2D eigenvalue weighted by Crippen LogP contribution is 2.25. The third-order valence-electron chi connectivity index (χ3n) is 4.39. The maximum absolute atomic E-state index is 6.00. The van der Waals surface area contributed by atoms with Crippen molar-refractivity contribution in [2.45, 2.75) is 19.1 Å². The molecule has 1 fully saturated rings. The van der Waals surface area contributed by atoms with Crippen LogP contribution in [-0.4, -0.2) is 60.0 Å². The predicted molar refractivity (Wildman–Crippen MR) is 109 cm³/mol. The van der Waals surface area contributed by atoms with Crippen molar-refractivity contribution in [2.24, 2.45) is 12.0 Å². The number of ether oxygens (including phenoxy) is 2. The third-order valence-corrected chi connectivity index (χ3v) is 5.04. The molecule has 7 nitrogen and oxygen atoms in total. The summed E-state index contributed by atoms with van der Waals surface area (Å²) in [6, 6.07) is 7.86. The van der Waals surface area contributed by atoms with Crippen molar-refractivity contribution in [1.82, 2.24) is 20.0 Å². The monoisotopic (exact) mass is 435 g/mol. The van der Waals surface area contributed by atoms with E-state index in [4.69, 9.17) is 9.47 Å². The van der Waals surface area contributed by atoms with Gasteiger partial charge in [-0.15, -0.1) is 0 Å². The summed E-state index contributed by atoms with van der Waals surface area (Å²) in [5.74, 6) is 1.69. The fourth-order valence-electron chi connectivity index (χ4n) is 3.02. The first-order chi connectivity index (χ1) is 13.1. The average molecular weight is 436 g/mol. The molecule has 1 saturated heterocycles. The minimum atomic E-state index is -0.00406. The van der Waals surface area contributed by atoms with Gasteiger partial charge in [0.25, 0.3) is 0 Å². The molecule has 1 aliphatic rings. The lowest BCUT2D eigenvalue weighted by Crippen LogP contribution is -2.49. The van der Waals surface area contributed by atoms with E-state index in [0.29, 0.717) is 13.2 Å². The number of guanidine groups is 1. The van der Waals surface area contributed by atoms with Crippen molar-refractivity contribution in [1.29, 1.82) is 0 Å². The summed E-state index contributed by atoms with van der Waals surface area (Å²) >= 11 is 3.51. The quantitative estimate of drug-likeness (QED) is 0.577. The average Bonchev–Trinajstić information content (AvgIpc) is 3.11. The summed E-state index contributed by atoms with van der Waals surface area (Å²) < 4.78 is 14.7. The number of nitrogens with zero attached hydrogens (tertiary/aromatic N) is 4. The highest BCUT2D eigenvalue weighted by molar-refractivity contribution is 9.10. The van der Waals surface area contributed by atoms with Gasteiger partial charge in [-0.2, -0.15) is 5.10 Å². The molecule has 146 valence electrons. The Labute approximate surface area is 168 Å². The van der Waals surface area contributed by atoms with Gasteiger partial charge in [0.15, 0.2) is 5.96 Å². The number of aryl methyl sites for hydroxylation is 1. The number of aromatic nitrogens is 2. The van der Waals surface area contributed by atoms with Crippen LogP contribution in [0.2, 0.25) is 0 Å². The Balaban J connectivity index is 1.54. The van der Waals surface area contributed by atoms with Gasteiger partial charge in [0, 0.05) is 32.4 Å². The van der Waals surface area contributed by atoms with Gasteiger partial charge in [0.2, 0.25) is 0 Å². The number of halogens is 1. The van der Waals surface area contributed by atoms with Gasteiger partial charge in [-0.1, -0.05) is 12.1 Å². The van der Waals surface area contributed by atoms with E-state index in [0.717, 1.165) is 34.8 Å². The van der Waals surface area contributed by atoms with E-state index in [1.807, 2.05) is 50.6 Å². The number of hydrogen-bond acceptors (Lipinski definition) is 4. The Morgan fingerprint density at radius 3 is 3.00 bits per heavy atom. The van der Waals surface area contributed by atoms with Crippen LogP contribution in [0.5, 0.6) is 5.75 Å². The Morgan fingerprint density at radius 1 is 1.48 bits per heavy atom. The number of aliphatic imine (C=N–C) groups is 1. The van der Waals surface area contributed by atoms with Gasteiger partial charge in [-0.25, -0.2) is 0 Å². The number of morpholine rings is 1.